The number of aliphatic carboxylic acids is 1. The van der Waals surface area contributed by atoms with Gasteiger partial charge in [-0.3, -0.25) is 4.79 Å². The molecule has 3 N–H and O–H groups in total. The first-order valence-corrected chi connectivity index (χ1v) is 5.35. The molecule has 0 bridgehead atoms. The molecule has 0 aromatic heterocycles. The molecule has 0 aliphatic carbocycles. The number of hydrogen-bond acceptors (Lipinski definition) is 4. The lowest BCUT2D eigenvalue weighted by Gasteiger charge is -2.22. The second-order valence-corrected chi connectivity index (χ2v) is 4.00. The van der Waals surface area contributed by atoms with Crippen LogP contribution in [-0.4, -0.2) is 78.3 Å². The van der Waals surface area contributed by atoms with Gasteiger partial charge >= 0.3 is 12.0 Å². The fourth-order valence-electron chi connectivity index (χ4n) is 1.06. The Morgan fingerprint density at radius 2 is 1.78 bits per heavy atom. The van der Waals surface area contributed by atoms with Crippen LogP contribution in [0.15, 0.2) is 0 Å². The van der Waals surface area contributed by atoms with Crippen LogP contribution in [0.2, 0.25) is 0 Å². The van der Waals surface area contributed by atoms with Gasteiger partial charge in [-0.2, -0.15) is 0 Å². The van der Waals surface area contributed by atoms with Gasteiger partial charge in [0.15, 0.2) is 0 Å². The Balaban J connectivity index is 4.37. The smallest absolute Gasteiger partial charge is 0.326 e. The van der Waals surface area contributed by atoms with Gasteiger partial charge in [-0.15, -0.1) is 0 Å². The van der Waals surface area contributed by atoms with E-state index in [2.05, 4.69) is 5.32 Å². The van der Waals surface area contributed by atoms with E-state index in [1.165, 1.54) is 11.9 Å². The van der Waals surface area contributed by atoms with Crippen molar-refractivity contribution < 1.29 is 24.6 Å². The molecule has 1 atom stereocenters. The van der Waals surface area contributed by atoms with Gasteiger partial charge in [-0.25, -0.2) is 9.59 Å². The van der Waals surface area contributed by atoms with E-state index >= 15 is 0 Å². The number of urea groups is 1. The zero-order valence-electron chi connectivity index (χ0n) is 10.7. The Morgan fingerprint density at radius 3 is 2.17 bits per heavy atom. The van der Waals surface area contributed by atoms with Crippen molar-refractivity contribution in [3.63, 3.8) is 0 Å². The molecule has 8 nitrogen and oxygen atoms in total. The molecule has 0 fully saturated rings. The molecule has 0 rings (SSSR count). The van der Waals surface area contributed by atoms with Crippen LogP contribution in [0, 0.1) is 0 Å². The van der Waals surface area contributed by atoms with E-state index in [1.807, 2.05) is 0 Å². The Labute approximate surface area is 105 Å². The lowest BCUT2D eigenvalue weighted by molar-refractivity contribution is -0.139. The molecule has 0 unspecified atom stereocenters. The van der Waals surface area contributed by atoms with Gasteiger partial charge in [0.2, 0.25) is 5.91 Å². The fourth-order valence-corrected chi connectivity index (χ4v) is 1.06. The molecule has 0 saturated heterocycles. The number of carbonyl (C=O) groups is 3. The summed E-state index contributed by atoms with van der Waals surface area (Å²) < 4.78 is 0. The van der Waals surface area contributed by atoms with Crippen LogP contribution in [0.1, 0.15) is 6.42 Å². The fraction of sp³-hybridized carbons (Fsp3) is 0.700. The Bertz CT molecular complexity index is 319. The second kappa shape index (κ2) is 7.49. The van der Waals surface area contributed by atoms with Crippen LogP contribution in [0.25, 0.3) is 0 Å². The van der Waals surface area contributed by atoms with Crippen molar-refractivity contribution in [3.8, 4) is 0 Å². The lowest BCUT2D eigenvalue weighted by atomic mass is 10.2. The van der Waals surface area contributed by atoms with E-state index in [9.17, 15) is 14.4 Å². The largest absolute Gasteiger partial charge is 0.480 e. The first-order chi connectivity index (χ1) is 8.29. The number of hydrogen-bond donors (Lipinski definition) is 3. The number of carboxylic acid groups (broad SMARTS) is 1. The Hall–Kier alpha value is -1.83. The maximum atomic E-state index is 11.6. The number of carboxylic acids is 1. The van der Waals surface area contributed by atoms with Crippen LogP contribution in [0.3, 0.4) is 0 Å². The number of carbonyl (C=O) groups excluding carboxylic acids is 2. The summed E-state index contributed by atoms with van der Waals surface area (Å²) in [5.41, 5.74) is 0. The molecule has 0 saturated carbocycles. The Morgan fingerprint density at radius 1 is 1.22 bits per heavy atom. The van der Waals surface area contributed by atoms with E-state index in [0.717, 1.165) is 4.90 Å². The third kappa shape index (κ3) is 5.48. The minimum absolute atomic E-state index is 0.0868. The SMILES string of the molecule is CN(C)C(=O)CN(C)C(=O)N[C@@H](CCO)C(=O)O. The molecule has 18 heavy (non-hydrogen) atoms. The minimum atomic E-state index is -1.23. The predicted molar refractivity (Wildman–Crippen MR) is 63.0 cm³/mol. The number of nitrogens with one attached hydrogen (secondary N) is 1. The molecule has 0 aliphatic rings. The van der Waals surface area contributed by atoms with Crippen LogP contribution >= 0.6 is 0 Å². The van der Waals surface area contributed by atoms with Crippen molar-refractivity contribution in [1.29, 1.82) is 0 Å². The van der Waals surface area contributed by atoms with Crippen LogP contribution < -0.4 is 5.32 Å². The van der Waals surface area contributed by atoms with Gasteiger partial charge in [0.05, 0.1) is 0 Å². The molecule has 0 aliphatic heterocycles. The Kier molecular flexibility index (Phi) is 6.73. The minimum Gasteiger partial charge on any atom is -0.480 e. The lowest BCUT2D eigenvalue weighted by Crippen LogP contribution is -2.49. The topological polar surface area (TPSA) is 110 Å². The summed E-state index contributed by atoms with van der Waals surface area (Å²) in [6.07, 6.45) is -0.0868. The first kappa shape index (κ1) is 16.2. The molecule has 0 spiro atoms. The maximum absolute atomic E-state index is 11.6. The van der Waals surface area contributed by atoms with E-state index in [-0.39, 0.29) is 25.5 Å². The summed E-state index contributed by atoms with van der Waals surface area (Å²) >= 11 is 0. The summed E-state index contributed by atoms with van der Waals surface area (Å²) in [6, 6.07) is -1.84. The summed E-state index contributed by atoms with van der Waals surface area (Å²) in [7, 11) is 4.49. The quantitative estimate of drug-likeness (QED) is 0.542. The molecule has 104 valence electrons. The summed E-state index contributed by atoms with van der Waals surface area (Å²) in [5, 5.41) is 19.7. The molecule has 0 aromatic carbocycles. The van der Waals surface area contributed by atoms with Crippen molar-refractivity contribution in [2.45, 2.75) is 12.5 Å². The summed E-state index contributed by atoms with van der Waals surface area (Å²) in [5.74, 6) is -1.51. The molecular formula is C10H19N3O5. The monoisotopic (exact) mass is 261 g/mol. The number of aliphatic hydroxyl groups excluding tert-OH is 1. The number of amides is 3. The molecule has 0 heterocycles. The normalized spacial score (nSPS) is 11.6. The van der Waals surface area contributed by atoms with Gasteiger partial charge in [0.25, 0.3) is 0 Å². The number of rotatable bonds is 6. The molecule has 0 radical (unpaired) electrons. The second-order valence-electron chi connectivity index (χ2n) is 4.00. The van der Waals surface area contributed by atoms with Crippen LogP contribution in [0.5, 0.6) is 0 Å². The van der Waals surface area contributed by atoms with E-state index < -0.39 is 18.0 Å². The maximum Gasteiger partial charge on any atom is 0.326 e. The zero-order chi connectivity index (χ0) is 14.3. The molecule has 3 amide bonds. The van der Waals surface area contributed by atoms with E-state index in [1.54, 1.807) is 14.1 Å². The van der Waals surface area contributed by atoms with Crippen LogP contribution in [0.4, 0.5) is 4.79 Å². The van der Waals surface area contributed by atoms with Gasteiger partial charge in [0, 0.05) is 34.2 Å². The van der Waals surface area contributed by atoms with Crippen molar-refractivity contribution >= 4 is 17.9 Å². The van der Waals surface area contributed by atoms with Crippen LogP contribution in [-0.2, 0) is 9.59 Å². The summed E-state index contributed by atoms with van der Waals surface area (Å²) in [6.45, 7) is -0.498. The van der Waals surface area contributed by atoms with Gasteiger partial charge < -0.3 is 25.3 Å². The van der Waals surface area contributed by atoms with E-state index in [0.29, 0.717) is 0 Å². The van der Waals surface area contributed by atoms with E-state index in [4.69, 9.17) is 10.2 Å². The molecule has 0 aromatic rings. The molecular weight excluding hydrogens is 242 g/mol. The standard InChI is InChI=1S/C10H19N3O5/c1-12(2)8(15)6-13(3)10(18)11-7(4-5-14)9(16)17/h7,14H,4-6H2,1-3H3,(H,11,18)(H,16,17)/t7-/m0/s1. The highest BCUT2D eigenvalue weighted by atomic mass is 16.4. The number of aliphatic hydroxyl groups is 1. The number of nitrogens with zero attached hydrogens (tertiary/aromatic N) is 2. The average molecular weight is 261 g/mol. The van der Waals surface area contributed by atoms with Crippen molar-refractivity contribution in [2.24, 2.45) is 0 Å². The van der Waals surface area contributed by atoms with Crippen molar-refractivity contribution in [3.05, 3.63) is 0 Å². The summed E-state index contributed by atoms with van der Waals surface area (Å²) in [4.78, 5) is 36.1. The highest BCUT2D eigenvalue weighted by Gasteiger charge is 2.22. The zero-order valence-corrected chi connectivity index (χ0v) is 10.7. The third-order valence-electron chi connectivity index (χ3n) is 2.23. The van der Waals surface area contributed by atoms with Gasteiger partial charge in [-0.05, 0) is 0 Å². The van der Waals surface area contributed by atoms with Gasteiger partial charge in [0.1, 0.15) is 12.6 Å². The average Bonchev–Trinajstić information content (AvgIpc) is 2.27. The third-order valence-corrected chi connectivity index (χ3v) is 2.23. The highest BCUT2D eigenvalue weighted by Crippen LogP contribution is 1.95. The van der Waals surface area contributed by atoms with Gasteiger partial charge in [-0.1, -0.05) is 0 Å². The van der Waals surface area contributed by atoms with Crippen molar-refractivity contribution in [1.82, 2.24) is 15.1 Å². The molecule has 8 heteroatoms. The predicted octanol–water partition coefficient (Wildman–Crippen LogP) is -1.45. The van der Waals surface area contributed by atoms with Crippen molar-refractivity contribution in [2.75, 3.05) is 34.3 Å². The number of likely N-dealkylation sites (N-methyl/N-ethyl adjacent to an activating group) is 2. The first-order valence-electron chi connectivity index (χ1n) is 5.35. The highest BCUT2D eigenvalue weighted by molar-refractivity contribution is 5.86.